The SMILES string of the molecule is CCCCN1C(=O)NC(=Cc2cccc(-c3ccc(OC)cc3)c2)C1=O. The summed E-state index contributed by atoms with van der Waals surface area (Å²) >= 11 is 0. The standard InChI is InChI=1S/C21H22N2O3/c1-3-4-12-23-20(24)19(22-21(23)25)14-15-6-5-7-17(13-15)16-8-10-18(26-2)11-9-16/h5-11,13-14H,3-4,12H2,1-2H3,(H,22,25). The maximum Gasteiger partial charge on any atom is 0.329 e. The van der Waals surface area contributed by atoms with Crippen LogP contribution in [0, 0.1) is 0 Å². The highest BCUT2D eigenvalue weighted by molar-refractivity contribution is 6.14. The van der Waals surface area contributed by atoms with Gasteiger partial charge in [0.25, 0.3) is 5.91 Å². The summed E-state index contributed by atoms with van der Waals surface area (Å²) in [6.07, 6.45) is 3.46. The van der Waals surface area contributed by atoms with Crippen LogP contribution in [-0.4, -0.2) is 30.5 Å². The van der Waals surface area contributed by atoms with Crippen LogP contribution in [0.1, 0.15) is 25.3 Å². The normalized spacial score (nSPS) is 15.5. The Hall–Kier alpha value is -3.08. The first-order valence-corrected chi connectivity index (χ1v) is 8.71. The van der Waals surface area contributed by atoms with Gasteiger partial charge in [-0.05, 0) is 47.4 Å². The van der Waals surface area contributed by atoms with Gasteiger partial charge in [0.15, 0.2) is 0 Å². The zero-order valence-electron chi connectivity index (χ0n) is 15.0. The molecule has 0 aromatic heterocycles. The third-order valence-corrected chi connectivity index (χ3v) is 4.32. The zero-order valence-corrected chi connectivity index (χ0v) is 15.0. The van der Waals surface area contributed by atoms with Gasteiger partial charge in [-0.25, -0.2) is 4.79 Å². The fourth-order valence-electron chi connectivity index (χ4n) is 2.85. The minimum atomic E-state index is -0.346. The number of carbonyl (C=O) groups is 2. The Labute approximate surface area is 153 Å². The van der Waals surface area contributed by atoms with Gasteiger partial charge in [-0.2, -0.15) is 0 Å². The minimum Gasteiger partial charge on any atom is -0.497 e. The molecular formula is C21H22N2O3. The number of nitrogens with one attached hydrogen (secondary N) is 1. The van der Waals surface area contributed by atoms with Gasteiger partial charge >= 0.3 is 6.03 Å². The fourth-order valence-corrected chi connectivity index (χ4v) is 2.85. The van der Waals surface area contributed by atoms with Crippen LogP contribution < -0.4 is 10.1 Å². The van der Waals surface area contributed by atoms with Crippen LogP contribution in [0.2, 0.25) is 0 Å². The van der Waals surface area contributed by atoms with Crippen LogP contribution in [0.5, 0.6) is 5.75 Å². The van der Waals surface area contributed by atoms with Crippen molar-refractivity contribution in [1.29, 1.82) is 0 Å². The molecule has 2 aromatic rings. The van der Waals surface area contributed by atoms with Crippen LogP contribution in [0.3, 0.4) is 0 Å². The van der Waals surface area contributed by atoms with Crippen molar-refractivity contribution in [1.82, 2.24) is 10.2 Å². The Balaban J connectivity index is 1.83. The summed E-state index contributed by atoms with van der Waals surface area (Å²) in [5.74, 6) is 0.539. The van der Waals surface area contributed by atoms with E-state index in [1.54, 1.807) is 13.2 Å². The van der Waals surface area contributed by atoms with Crippen LogP contribution in [-0.2, 0) is 4.79 Å². The molecule has 26 heavy (non-hydrogen) atoms. The molecule has 3 amide bonds. The molecule has 1 N–H and O–H groups in total. The molecule has 1 aliphatic heterocycles. The Morgan fingerprint density at radius 3 is 2.54 bits per heavy atom. The molecular weight excluding hydrogens is 328 g/mol. The highest BCUT2D eigenvalue weighted by Crippen LogP contribution is 2.24. The van der Waals surface area contributed by atoms with E-state index in [2.05, 4.69) is 5.32 Å². The van der Waals surface area contributed by atoms with E-state index in [1.165, 1.54) is 4.90 Å². The number of hydrogen-bond donors (Lipinski definition) is 1. The van der Waals surface area contributed by atoms with E-state index in [1.807, 2.05) is 55.5 Å². The van der Waals surface area contributed by atoms with Crippen molar-refractivity contribution in [2.75, 3.05) is 13.7 Å². The third-order valence-electron chi connectivity index (χ3n) is 4.32. The second-order valence-corrected chi connectivity index (χ2v) is 6.15. The van der Waals surface area contributed by atoms with Crippen LogP contribution in [0.25, 0.3) is 17.2 Å². The number of urea groups is 1. The van der Waals surface area contributed by atoms with Crippen molar-refractivity contribution in [3.8, 4) is 16.9 Å². The molecule has 5 heteroatoms. The number of carbonyl (C=O) groups excluding carboxylic acids is 2. The Morgan fingerprint density at radius 1 is 1.08 bits per heavy atom. The summed E-state index contributed by atoms with van der Waals surface area (Å²) in [7, 11) is 1.64. The van der Waals surface area contributed by atoms with E-state index < -0.39 is 0 Å². The summed E-state index contributed by atoms with van der Waals surface area (Å²) < 4.78 is 5.19. The van der Waals surface area contributed by atoms with E-state index in [9.17, 15) is 9.59 Å². The van der Waals surface area contributed by atoms with Gasteiger partial charge in [0.1, 0.15) is 11.4 Å². The fraction of sp³-hybridized carbons (Fsp3) is 0.238. The van der Waals surface area contributed by atoms with Crippen LogP contribution in [0.4, 0.5) is 4.79 Å². The predicted octanol–water partition coefficient (Wildman–Crippen LogP) is 4.06. The van der Waals surface area contributed by atoms with E-state index in [-0.39, 0.29) is 11.9 Å². The molecule has 1 aliphatic rings. The quantitative estimate of drug-likeness (QED) is 0.631. The van der Waals surface area contributed by atoms with Gasteiger partial charge in [0, 0.05) is 6.54 Å². The lowest BCUT2D eigenvalue weighted by Crippen LogP contribution is -2.31. The second kappa shape index (κ2) is 7.87. The Kier molecular flexibility index (Phi) is 5.37. The lowest BCUT2D eigenvalue weighted by atomic mass is 10.0. The molecule has 134 valence electrons. The van der Waals surface area contributed by atoms with Gasteiger partial charge in [-0.15, -0.1) is 0 Å². The second-order valence-electron chi connectivity index (χ2n) is 6.15. The van der Waals surface area contributed by atoms with Crippen molar-refractivity contribution < 1.29 is 14.3 Å². The zero-order chi connectivity index (χ0) is 18.5. The number of hydrogen-bond acceptors (Lipinski definition) is 3. The summed E-state index contributed by atoms with van der Waals surface area (Å²) in [5.41, 5.74) is 3.26. The van der Waals surface area contributed by atoms with Crippen molar-refractivity contribution in [3.05, 3.63) is 59.8 Å². The number of methoxy groups -OCH3 is 1. The Morgan fingerprint density at radius 2 is 1.85 bits per heavy atom. The molecule has 5 nitrogen and oxygen atoms in total. The first-order chi connectivity index (χ1) is 12.6. The molecule has 1 saturated heterocycles. The maximum atomic E-state index is 12.4. The molecule has 0 spiro atoms. The Bertz CT molecular complexity index is 841. The van der Waals surface area contributed by atoms with Gasteiger partial charge in [-0.3, -0.25) is 9.69 Å². The van der Waals surface area contributed by atoms with Gasteiger partial charge < -0.3 is 10.1 Å². The smallest absolute Gasteiger partial charge is 0.329 e. The first kappa shape index (κ1) is 17.7. The number of amides is 3. The number of unbranched alkanes of at least 4 members (excludes halogenated alkanes) is 1. The van der Waals surface area contributed by atoms with Crippen LogP contribution in [0.15, 0.2) is 54.2 Å². The van der Waals surface area contributed by atoms with Crippen molar-refractivity contribution in [3.63, 3.8) is 0 Å². The number of rotatable bonds is 6. The summed E-state index contributed by atoms with van der Waals surface area (Å²) in [5, 5.41) is 2.67. The topological polar surface area (TPSA) is 58.6 Å². The van der Waals surface area contributed by atoms with Crippen LogP contribution >= 0.6 is 0 Å². The monoisotopic (exact) mass is 350 g/mol. The molecule has 3 rings (SSSR count). The first-order valence-electron chi connectivity index (χ1n) is 8.71. The van der Waals surface area contributed by atoms with Crippen molar-refractivity contribution >= 4 is 18.0 Å². The minimum absolute atomic E-state index is 0.265. The molecule has 0 unspecified atom stereocenters. The lowest BCUT2D eigenvalue weighted by molar-refractivity contribution is -0.122. The molecule has 0 bridgehead atoms. The molecule has 0 aliphatic carbocycles. The van der Waals surface area contributed by atoms with E-state index in [4.69, 9.17) is 4.74 Å². The van der Waals surface area contributed by atoms with Gasteiger partial charge in [-0.1, -0.05) is 43.7 Å². The summed E-state index contributed by atoms with van der Waals surface area (Å²) in [6, 6.07) is 15.3. The third kappa shape index (κ3) is 3.77. The number of benzene rings is 2. The van der Waals surface area contributed by atoms with E-state index in [0.717, 1.165) is 35.3 Å². The van der Waals surface area contributed by atoms with Gasteiger partial charge in [0.05, 0.1) is 7.11 Å². The number of imide groups is 1. The number of nitrogens with zero attached hydrogens (tertiary/aromatic N) is 1. The van der Waals surface area contributed by atoms with Gasteiger partial charge in [0.2, 0.25) is 0 Å². The van der Waals surface area contributed by atoms with Crippen molar-refractivity contribution in [2.45, 2.75) is 19.8 Å². The molecule has 0 radical (unpaired) electrons. The van der Waals surface area contributed by atoms with Crippen molar-refractivity contribution in [2.24, 2.45) is 0 Å². The highest BCUT2D eigenvalue weighted by atomic mass is 16.5. The highest BCUT2D eigenvalue weighted by Gasteiger charge is 2.32. The molecule has 2 aromatic carbocycles. The summed E-state index contributed by atoms with van der Waals surface area (Å²) in [6.45, 7) is 2.48. The molecule has 0 saturated carbocycles. The van der Waals surface area contributed by atoms with E-state index in [0.29, 0.717) is 12.2 Å². The van der Waals surface area contributed by atoms with E-state index >= 15 is 0 Å². The average Bonchev–Trinajstić information content (AvgIpc) is 2.93. The maximum absolute atomic E-state index is 12.4. The molecule has 1 fully saturated rings. The predicted molar refractivity (Wildman–Crippen MR) is 102 cm³/mol. The lowest BCUT2D eigenvalue weighted by Gasteiger charge is -2.10. The molecule has 1 heterocycles. The number of ether oxygens (including phenoxy) is 1. The summed E-state index contributed by atoms with van der Waals surface area (Å²) in [4.78, 5) is 25.7. The molecule has 0 atom stereocenters. The largest absolute Gasteiger partial charge is 0.497 e. The average molecular weight is 350 g/mol.